The highest BCUT2D eigenvalue weighted by Gasteiger charge is 2.66. The summed E-state index contributed by atoms with van der Waals surface area (Å²) in [7, 11) is 8.38. The van der Waals surface area contributed by atoms with Crippen LogP contribution in [-0.4, -0.2) is 118 Å². The number of carboxylic acid groups (broad SMARTS) is 1. The van der Waals surface area contributed by atoms with Crippen molar-refractivity contribution in [1.82, 2.24) is 24.6 Å². The lowest BCUT2D eigenvalue weighted by Gasteiger charge is -2.69. The van der Waals surface area contributed by atoms with Crippen molar-refractivity contribution in [2.24, 2.45) is 22.0 Å². The molecule has 3 atom stereocenters. The summed E-state index contributed by atoms with van der Waals surface area (Å²) in [4.78, 5) is 53.1. The van der Waals surface area contributed by atoms with Gasteiger partial charge in [0.2, 0.25) is 5.91 Å². The van der Waals surface area contributed by atoms with Crippen LogP contribution in [0, 0.1) is 23.2 Å². The summed E-state index contributed by atoms with van der Waals surface area (Å²) < 4.78 is 11.0. The number of nitrogens with two attached hydrogens (primary N) is 1. The first-order valence-corrected chi connectivity index (χ1v) is 24.8. The van der Waals surface area contributed by atoms with Crippen LogP contribution in [0.3, 0.4) is 0 Å². The number of amides is 2. The molecule has 4 aliphatic carbocycles. The van der Waals surface area contributed by atoms with E-state index in [0.717, 1.165) is 88.6 Å². The van der Waals surface area contributed by atoms with E-state index in [9.17, 15) is 19.5 Å². The number of unbranched alkanes of at least 4 members (excludes halogenated alkanes) is 1. The molecule has 3 aromatic heterocycles. The minimum Gasteiger partial charge on any atom is -0.476 e. The van der Waals surface area contributed by atoms with E-state index in [2.05, 4.69) is 60.9 Å². The number of rotatable bonds is 17. The Morgan fingerprint density at radius 1 is 0.955 bits per heavy atom. The number of carbonyl (C=O) groups is 3. The number of benzene rings is 2. The van der Waals surface area contributed by atoms with Crippen LogP contribution in [0.5, 0.6) is 0 Å². The predicted molar refractivity (Wildman–Crippen MR) is 263 cm³/mol. The molecule has 0 radical (unpaired) electrons. The van der Waals surface area contributed by atoms with Gasteiger partial charge in [0.05, 0.1) is 62.4 Å². The zero-order valence-electron chi connectivity index (χ0n) is 40.4. The number of carboxylic acids is 1. The smallest absolute Gasteiger partial charge is 0.355 e. The quantitative estimate of drug-likeness (QED) is 0.0611. The molecule has 0 spiro atoms. The number of carbonyl (C=O) groups excluding carboxylic acids is 2. The molecule has 14 nitrogen and oxygen atoms in total. The molecule has 4 fully saturated rings. The highest BCUT2D eigenvalue weighted by atomic mass is 32.1. The Kier molecular flexibility index (Phi) is 12.4. The number of anilines is 2. The molecule has 15 heteroatoms. The number of fused-ring (bicyclic) bond motifs is 2. The topological polar surface area (TPSA) is 169 Å². The molecule has 2 aromatic carbocycles. The predicted octanol–water partition coefficient (Wildman–Crippen LogP) is 8.17. The van der Waals surface area contributed by atoms with Crippen LogP contribution in [0.1, 0.15) is 109 Å². The summed E-state index contributed by atoms with van der Waals surface area (Å²) in [5.41, 5.74) is 11.8. The number of quaternary nitrogens is 1. The molecule has 67 heavy (non-hydrogen) atoms. The van der Waals surface area contributed by atoms with Gasteiger partial charge in [0, 0.05) is 55.6 Å². The van der Waals surface area contributed by atoms with E-state index in [1.54, 1.807) is 11.1 Å². The van der Waals surface area contributed by atoms with Gasteiger partial charge in [-0.15, -0.1) is 0 Å². The Morgan fingerprint density at radius 2 is 1.72 bits per heavy atom. The molecule has 4 heterocycles. The molecular formula is C52H68N9O5S+. The van der Waals surface area contributed by atoms with E-state index in [4.69, 9.17) is 20.6 Å². The first-order chi connectivity index (χ1) is 31.7. The number of aromatic nitrogens is 4. The molecule has 4 saturated carbocycles. The lowest BCUT2D eigenvalue weighted by Crippen LogP contribution is -2.64. The van der Waals surface area contributed by atoms with Gasteiger partial charge in [-0.2, -0.15) is 5.10 Å². The number of likely N-dealkylation sites (N-methyl/N-ethyl adjacent to an activating group) is 1. The van der Waals surface area contributed by atoms with Crippen LogP contribution in [0.25, 0.3) is 21.3 Å². The highest BCUT2D eigenvalue weighted by Crippen LogP contribution is 2.72. The van der Waals surface area contributed by atoms with Crippen molar-refractivity contribution in [2.75, 3.05) is 64.6 Å². The van der Waals surface area contributed by atoms with Gasteiger partial charge in [-0.3, -0.25) is 19.6 Å². The summed E-state index contributed by atoms with van der Waals surface area (Å²) in [6.45, 7) is 10.7. The molecule has 10 rings (SSSR count). The number of nitrogens with zero attached hydrogens (tertiary/aromatic N) is 7. The van der Waals surface area contributed by atoms with Crippen LogP contribution in [0.15, 0.2) is 60.8 Å². The zero-order chi connectivity index (χ0) is 47.5. The standard InChI is InChI=1S/C52H67N9O5S/c1-34-38(36-18-19-43(56-44(36)47(64)65)59-21-20-35-13-12-14-37(39(35)26-59)45(62)57-48-55-41-16-8-9-17-42(41)67-48)25-54-60(34)33-51-28-49(2)27-50(3,29-51)31-52(30-49,32-51)66-24-22-58(4)46(63)40(53)15-10-11-23-61(5,6)7/h8-9,12-14,16-19,25,40H,10-11,15,20-24,26-33,53H2,1-7H3,(H-,55,57,62,64,65)/p+1/t40-,49?,50?,51?,52?/m0/s1. The fourth-order valence-electron chi connectivity index (χ4n) is 13.3. The van der Waals surface area contributed by atoms with Gasteiger partial charge in [-0.05, 0) is 129 Å². The van der Waals surface area contributed by atoms with Crippen molar-refractivity contribution in [3.8, 4) is 11.1 Å². The first-order valence-electron chi connectivity index (χ1n) is 24.0. The van der Waals surface area contributed by atoms with Crippen LogP contribution < -0.4 is 16.0 Å². The minimum atomic E-state index is -1.11. The van der Waals surface area contributed by atoms with Gasteiger partial charge < -0.3 is 29.9 Å². The van der Waals surface area contributed by atoms with E-state index < -0.39 is 12.0 Å². The Labute approximate surface area is 398 Å². The third-order valence-corrected chi connectivity index (χ3v) is 16.0. The van der Waals surface area contributed by atoms with E-state index in [-0.39, 0.29) is 39.4 Å². The van der Waals surface area contributed by atoms with Gasteiger partial charge in [-0.1, -0.05) is 49.4 Å². The van der Waals surface area contributed by atoms with Crippen molar-refractivity contribution < 1.29 is 28.7 Å². The number of para-hydroxylation sites is 1. The van der Waals surface area contributed by atoms with Crippen molar-refractivity contribution in [3.63, 3.8) is 0 Å². The molecule has 2 amide bonds. The third-order valence-electron chi connectivity index (χ3n) is 15.1. The molecule has 5 aliphatic rings. The molecule has 1 aliphatic heterocycles. The largest absolute Gasteiger partial charge is 0.476 e. The van der Waals surface area contributed by atoms with Crippen LogP contribution in [-0.2, 0) is 29.0 Å². The Balaban J connectivity index is 0.883. The number of nitrogens with one attached hydrogen (secondary N) is 1. The van der Waals surface area contributed by atoms with E-state index >= 15 is 0 Å². The number of aromatic carboxylic acids is 1. The lowest BCUT2D eigenvalue weighted by atomic mass is 9.39. The Bertz CT molecular complexity index is 2650. The summed E-state index contributed by atoms with van der Waals surface area (Å²) in [5, 5.41) is 19.1. The fraction of sp³-hybridized carbons (Fsp3) is 0.538. The normalized spacial score (nSPS) is 24.7. The number of hydrogen-bond acceptors (Lipinski definition) is 10. The summed E-state index contributed by atoms with van der Waals surface area (Å²) in [6.07, 6.45) is 11.4. The second kappa shape index (κ2) is 17.7. The molecule has 4 bridgehead atoms. The van der Waals surface area contributed by atoms with Gasteiger partial charge in [0.25, 0.3) is 5.91 Å². The number of thiazole rings is 1. The van der Waals surface area contributed by atoms with Crippen molar-refractivity contribution in [3.05, 3.63) is 88.9 Å². The van der Waals surface area contributed by atoms with Gasteiger partial charge in [0.15, 0.2) is 10.8 Å². The Morgan fingerprint density at radius 3 is 2.45 bits per heavy atom. The average molecular weight is 931 g/mol. The number of pyridine rings is 1. The van der Waals surface area contributed by atoms with Crippen LogP contribution >= 0.6 is 11.3 Å². The molecule has 0 saturated heterocycles. The number of hydrogen-bond donors (Lipinski definition) is 3. The molecule has 4 N–H and O–H groups in total. The van der Waals surface area contributed by atoms with Gasteiger partial charge in [0.1, 0.15) is 5.82 Å². The van der Waals surface area contributed by atoms with Crippen molar-refractivity contribution in [2.45, 2.75) is 110 Å². The van der Waals surface area contributed by atoms with Gasteiger partial charge >= 0.3 is 5.97 Å². The van der Waals surface area contributed by atoms with Crippen LogP contribution in [0.4, 0.5) is 10.9 Å². The highest BCUT2D eigenvalue weighted by molar-refractivity contribution is 7.22. The van der Waals surface area contributed by atoms with Crippen molar-refractivity contribution in [1.29, 1.82) is 0 Å². The summed E-state index contributed by atoms with van der Waals surface area (Å²) in [6, 6.07) is 16.8. The summed E-state index contributed by atoms with van der Waals surface area (Å²) >= 11 is 1.44. The first kappa shape index (κ1) is 46.9. The molecule has 5 aromatic rings. The maximum absolute atomic E-state index is 13.7. The summed E-state index contributed by atoms with van der Waals surface area (Å²) in [5.74, 6) is -0.815. The monoisotopic (exact) mass is 931 g/mol. The third kappa shape index (κ3) is 9.75. The second-order valence-electron chi connectivity index (χ2n) is 22.3. The second-order valence-corrected chi connectivity index (χ2v) is 23.3. The number of ether oxygens (including phenoxy) is 1. The SMILES string of the molecule is Cc1c(-c2ccc(N3CCc4cccc(C(=O)Nc5nc6ccccc6s5)c4C3)nc2C(=O)O)cnn1CC12CC3(C)CC(C)(C1)CC(OCCN(C)C(=O)[C@@H](N)CCCC[N+](C)(C)C)(C3)C2. The van der Waals surface area contributed by atoms with E-state index in [0.29, 0.717) is 67.7 Å². The maximum Gasteiger partial charge on any atom is 0.355 e. The van der Waals surface area contributed by atoms with E-state index in [1.807, 2.05) is 62.5 Å². The average Bonchev–Trinajstić information content (AvgIpc) is 3.83. The molecule has 2 unspecified atom stereocenters. The molecule has 356 valence electrons. The zero-order valence-corrected chi connectivity index (χ0v) is 41.2. The van der Waals surface area contributed by atoms with Crippen LogP contribution in [0.2, 0.25) is 0 Å². The lowest BCUT2D eigenvalue weighted by molar-refractivity contribution is -0.870. The Hall–Kier alpha value is -5.22. The van der Waals surface area contributed by atoms with E-state index in [1.165, 1.54) is 17.8 Å². The maximum atomic E-state index is 13.7. The minimum absolute atomic E-state index is 0.0230. The van der Waals surface area contributed by atoms with Gasteiger partial charge in [-0.25, -0.2) is 14.8 Å². The molecular weight excluding hydrogens is 863 g/mol. The fourth-order valence-corrected chi connectivity index (χ4v) is 14.2. The van der Waals surface area contributed by atoms with Crippen molar-refractivity contribution >= 4 is 50.3 Å².